The molecule has 5 rings (SSSR count). The van der Waals surface area contributed by atoms with Gasteiger partial charge in [-0.1, -0.05) is 74.5 Å². The second-order valence-corrected chi connectivity index (χ2v) is 10.8. The third-order valence-corrected chi connectivity index (χ3v) is 7.88. The SMILES string of the molecule is CC(C)c1cc2ncnn2nc1SCCOCCN1CCN(C(c2ccccc2)c2ccccc2)CC1. The Morgan fingerprint density at radius 3 is 2.22 bits per heavy atom. The molecule has 4 aromatic rings. The van der Waals surface area contributed by atoms with Crippen LogP contribution in [0.2, 0.25) is 0 Å². The zero-order valence-corrected chi connectivity index (χ0v) is 22.6. The maximum absolute atomic E-state index is 6.01. The largest absolute Gasteiger partial charge is 0.379 e. The summed E-state index contributed by atoms with van der Waals surface area (Å²) in [4.78, 5) is 9.40. The Morgan fingerprint density at radius 1 is 0.892 bits per heavy atom. The van der Waals surface area contributed by atoms with Crippen molar-refractivity contribution in [2.24, 2.45) is 0 Å². The van der Waals surface area contributed by atoms with E-state index >= 15 is 0 Å². The highest BCUT2D eigenvalue weighted by Crippen LogP contribution is 2.29. The maximum atomic E-state index is 6.01. The van der Waals surface area contributed by atoms with Crippen LogP contribution in [0.4, 0.5) is 0 Å². The fourth-order valence-electron chi connectivity index (χ4n) is 4.91. The Labute approximate surface area is 223 Å². The molecule has 2 aromatic carbocycles. The lowest BCUT2D eigenvalue weighted by Gasteiger charge is -2.39. The lowest BCUT2D eigenvalue weighted by Crippen LogP contribution is -2.48. The molecule has 2 aromatic heterocycles. The molecule has 0 N–H and O–H groups in total. The summed E-state index contributed by atoms with van der Waals surface area (Å²) in [6.45, 7) is 11.1. The van der Waals surface area contributed by atoms with Crippen LogP contribution in [-0.2, 0) is 4.74 Å². The van der Waals surface area contributed by atoms with Crippen molar-refractivity contribution in [1.29, 1.82) is 0 Å². The minimum Gasteiger partial charge on any atom is -0.379 e. The van der Waals surface area contributed by atoms with E-state index in [1.807, 2.05) is 0 Å². The van der Waals surface area contributed by atoms with Gasteiger partial charge in [0, 0.05) is 38.5 Å². The quantitative estimate of drug-likeness (QED) is 0.210. The molecule has 1 saturated heterocycles. The average molecular weight is 517 g/mol. The average Bonchev–Trinajstić information content (AvgIpc) is 3.40. The van der Waals surface area contributed by atoms with Crippen LogP contribution >= 0.6 is 11.8 Å². The molecule has 1 fully saturated rings. The Hall–Kier alpha value is -2.78. The number of benzene rings is 2. The van der Waals surface area contributed by atoms with E-state index in [1.165, 1.54) is 16.7 Å². The summed E-state index contributed by atoms with van der Waals surface area (Å²) in [5, 5.41) is 9.84. The molecule has 1 aliphatic rings. The lowest BCUT2D eigenvalue weighted by molar-refractivity contribution is 0.0717. The molecular weight excluding hydrogens is 480 g/mol. The van der Waals surface area contributed by atoms with Crippen LogP contribution in [0.25, 0.3) is 5.65 Å². The van der Waals surface area contributed by atoms with E-state index in [-0.39, 0.29) is 0 Å². The molecule has 1 aliphatic heterocycles. The Morgan fingerprint density at radius 2 is 1.57 bits per heavy atom. The smallest absolute Gasteiger partial charge is 0.176 e. The Bertz CT molecular complexity index is 1200. The number of aromatic nitrogens is 4. The molecule has 0 spiro atoms. The van der Waals surface area contributed by atoms with Gasteiger partial charge in [-0.15, -0.1) is 26.6 Å². The lowest BCUT2D eigenvalue weighted by atomic mass is 9.96. The molecular formula is C29H36N6OS. The van der Waals surface area contributed by atoms with Gasteiger partial charge in [0.05, 0.1) is 19.3 Å². The van der Waals surface area contributed by atoms with Gasteiger partial charge in [0.15, 0.2) is 5.65 Å². The summed E-state index contributed by atoms with van der Waals surface area (Å²) in [5.41, 5.74) is 4.73. The van der Waals surface area contributed by atoms with Crippen molar-refractivity contribution < 1.29 is 4.74 Å². The van der Waals surface area contributed by atoms with Gasteiger partial charge in [0.25, 0.3) is 0 Å². The summed E-state index contributed by atoms with van der Waals surface area (Å²) < 4.78 is 7.61. The Balaban J connectivity index is 1.06. The predicted octanol–water partition coefficient (Wildman–Crippen LogP) is 4.76. The minimum absolute atomic E-state index is 0.305. The summed E-state index contributed by atoms with van der Waals surface area (Å²) in [7, 11) is 0. The highest BCUT2D eigenvalue weighted by atomic mass is 32.2. The van der Waals surface area contributed by atoms with Gasteiger partial charge < -0.3 is 4.74 Å². The summed E-state index contributed by atoms with van der Waals surface area (Å²) in [6, 6.07) is 24.2. The molecule has 194 valence electrons. The van der Waals surface area contributed by atoms with Gasteiger partial charge in [0.1, 0.15) is 11.4 Å². The summed E-state index contributed by atoms with van der Waals surface area (Å²) >= 11 is 1.73. The summed E-state index contributed by atoms with van der Waals surface area (Å²) in [5.74, 6) is 1.26. The fourth-order valence-corrected chi connectivity index (χ4v) is 5.90. The zero-order chi connectivity index (χ0) is 25.5. The molecule has 0 aliphatic carbocycles. The van der Waals surface area contributed by atoms with Crippen molar-refractivity contribution in [3.05, 3.63) is 89.7 Å². The first-order chi connectivity index (χ1) is 18.2. The number of thioether (sulfide) groups is 1. The maximum Gasteiger partial charge on any atom is 0.176 e. The standard InChI is InChI=1S/C29H36N6OS/c1-23(2)26-21-27-30-22-31-35(27)32-29(26)37-20-19-36-18-17-33-13-15-34(16-14-33)28(24-9-5-3-6-10-24)25-11-7-4-8-12-25/h3-12,21-23,28H,13-20H2,1-2H3. The molecule has 3 heterocycles. The highest BCUT2D eigenvalue weighted by Gasteiger charge is 2.26. The van der Waals surface area contributed by atoms with E-state index in [2.05, 4.69) is 106 Å². The van der Waals surface area contributed by atoms with Gasteiger partial charge in [-0.25, -0.2) is 4.98 Å². The first-order valence-corrected chi connectivity index (χ1v) is 14.2. The van der Waals surface area contributed by atoms with Gasteiger partial charge >= 0.3 is 0 Å². The highest BCUT2D eigenvalue weighted by molar-refractivity contribution is 7.99. The number of nitrogens with zero attached hydrogens (tertiary/aromatic N) is 6. The normalized spacial score (nSPS) is 15.2. The molecule has 0 atom stereocenters. The third kappa shape index (κ3) is 6.57. The van der Waals surface area contributed by atoms with Crippen molar-refractivity contribution >= 4 is 17.4 Å². The fraction of sp³-hybridized carbons (Fsp3) is 0.414. The van der Waals surface area contributed by atoms with Crippen LogP contribution in [0.5, 0.6) is 0 Å². The monoisotopic (exact) mass is 516 g/mol. The van der Waals surface area contributed by atoms with E-state index in [9.17, 15) is 0 Å². The number of ether oxygens (including phenoxy) is 1. The second-order valence-electron chi connectivity index (χ2n) is 9.73. The first-order valence-electron chi connectivity index (χ1n) is 13.2. The van der Waals surface area contributed by atoms with E-state index < -0.39 is 0 Å². The van der Waals surface area contributed by atoms with Gasteiger partial charge in [0.2, 0.25) is 0 Å². The van der Waals surface area contributed by atoms with Gasteiger partial charge in [-0.3, -0.25) is 9.80 Å². The van der Waals surface area contributed by atoms with Crippen LogP contribution in [0.3, 0.4) is 0 Å². The molecule has 0 unspecified atom stereocenters. The number of hydrogen-bond acceptors (Lipinski definition) is 7. The van der Waals surface area contributed by atoms with Crippen molar-refractivity contribution in [3.63, 3.8) is 0 Å². The molecule has 0 saturated carbocycles. The van der Waals surface area contributed by atoms with Crippen molar-refractivity contribution in [1.82, 2.24) is 29.6 Å². The van der Waals surface area contributed by atoms with Crippen molar-refractivity contribution in [3.8, 4) is 0 Å². The van der Waals surface area contributed by atoms with Gasteiger partial charge in [-0.2, -0.15) is 0 Å². The van der Waals surface area contributed by atoms with E-state index in [4.69, 9.17) is 4.74 Å². The third-order valence-electron chi connectivity index (χ3n) is 6.92. The van der Waals surface area contributed by atoms with Crippen LogP contribution in [0.1, 0.15) is 42.5 Å². The topological polar surface area (TPSA) is 58.8 Å². The molecule has 0 amide bonds. The first kappa shape index (κ1) is 25.9. The zero-order valence-electron chi connectivity index (χ0n) is 21.7. The number of fused-ring (bicyclic) bond motifs is 1. The molecule has 0 bridgehead atoms. The van der Waals surface area contributed by atoms with Crippen molar-refractivity contribution in [2.75, 3.05) is 51.7 Å². The molecule has 8 heteroatoms. The van der Waals surface area contributed by atoms with Crippen LogP contribution in [0, 0.1) is 0 Å². The second kappa shape index (κ2) is 12.6. The molecule has 37 heavy (non-hydrogen) atoms. The number of rotatable bonds is 11. The van der Waals surface area contributed by atoms with Crippen LogP contribution in [0.15, 0.2) is 78.1 Å². The van der Waals surface area contributed by atoms with E-state index in [1.54, 1.807) is 22.7 Å². The summed E-state index contributed by atoms with van der Waals surface area (Å²) in [6.07, 6.45) is 1.55. The number of piperazine rings is 1. The van der Waals surface area contributed by atoms with Gasteiger partial charge in [-0.05, 0) is 28.7 Å². The van der Waals surface area contributed by atoms with E-state index in [0.717, 1.165) is 55.8 Å². The minimum atomic E-state index is 0.305. The predicted molar refractivity (Wildman–Crippen MR) is 149 cm³/mol. The number of hydrogen-bond donors (Lipinski definition) is 0. The van der Waals surface area contributed by atoms with Crippen LogP contribution < -0.4 is 0 Å². The van der Waals surface area contributed by atoms with Crippen molar-refractivity contribution in [2.45, 2.75) is 30.8 Å². The van der Waals surface area contributed by atoms with E-state index in [0.29, 0.717) is 18.6 Å². The van der Waals surface area contributed by atoms with Crippen LogP contribution in [-0.4, -0.2) is 81.3 Å². The molecule has 0 radical (unpaired) electrons. The molecule has 7 nitrogen and oxygen atoms in total. The Kier molecular flexibility index (Phi) is 8.84.